The molecule has 0 saturated carbocycles. The zero-order valence-corrected chi connectivity index (χ0v) is 14.6. The van der Waals surface area contributed by atoms with Crippen LogP contribution >= 0.6 is 0 Å². The predicted octanol–water partition coefficient (Wildman–Crippen LogP) is 2.38. The summed E-state index contributed by atoms with van der Waals surface area (Å²) in [6.07, 6.45) is 3.02. The van der Waals surface area contributed by atoms with Crippen molar-refractivity contribution in [3.05, 3.63) is 46.3 Å². The lowest BCUT2D eigenvalue weighted by Crippen LogP contribution is -2.48. The largest absolute Gasteiger partial charge is 0.465 e. The lowest BCUT2D eigenvalue weighted by molar-refractivity contribution is -0.384. The first kappa shape index (κ1) is 17.0. The third kappa shape index (κ3) is 2.98. The molecule has 2 bridgehead atoms. The molecule has 2 saturated heterocycles. The van der Waals surface area contributed by atoms with Gasteiger partial charge in [0.1, 0.15) is 5.82 Å². The zero-order chi connectivity index (χ0) is 19.1. The number of amides is 1. The summed E-state index contributed by atoms with van der Waals surface area (Å²) >= 11 is 0. The Morgan fingerprint density at radius 3 is 2.67 bits per heavy atom. The number of aromatic nitrogens is 2. The van der Waals surface area contributed by atoms with E-state index < -0.39 is 11.0 Å². The molecule has 140 valence electrons. The van der Waals surface area contributed by atoms with Crippen molar-refractivity contribution in [2.45, 2.75) is 25.4 Å². The number of carboxylic acid groups (broad SMARTS) is 1. The van der Waals surface area contributed by atoms with Crippen LogP contribution in [0.4, 0.5) is 27.8 Å². The molecule has 2 aliphatic heterocycles. The summed E-state index contributed by atoms with van der Waals surface area (Å²) in [5.74, 6) is 0.784. The van der Waals surface area contributed by atoms with Gasteiger partial charge in [-0.25, -0.2) is 9.78 Å². The van der Waals surface area contributed by atoms with Gasteiger partial charge in [0.15, 0.2) is 0 Å². The number of nitro groups is 1. The number of carbonyl (C=O) groups is 1. The van der Waals surface area contributed by atoms with E-state index in [-0.39, 0.29) is 23.6 Å². The Labute approximate surface area is 154 Å². The second-order valence-electron chi connectivity index (χ2n) is 6.74. The lowest BCUT2D eigenvalue weighted by atomic mass is 10.2. The molecular formula is C17H18N6O4. The fourth-order valence-electron chi connectivity index (χ4n) is 3.87. The summed E-state index contributed by atoms with van der Waals surface area (Å²) in [6, 6.07) is 5.07. The van der Waals surface area contributed by atoms with E-state index in [1.54, 1.807) is 37.5 Å². The smallest absolute Gasteiger partial charge is 0.407 e. The number of pyridine rings is 2. The maximum Gasteiger partial charge on any atom is 0.407 e. The summed E-state index contributed by atoms with van der Waals surface area (Å²) in [5, 5.41) is 23.8. The van der Waals surface area contributed by atoms with Crippen LogP contribution < -0.4 is 10.2 Å². The van der Waals surface area contributed by atoms with E-state index in [1.807, 2.05) is 4.90 Å². The molecule has 0 aliphatic carbocycles. The van der Waals surface area contributed by atoms with E-state index in [0.717, 1.165) is 6.42 Å². The summed E-state index contributed by atoms with van der Waals surface area (Å²) in [5.41, 5.74) is 1.07. The van der Waals surface area contributed by atoms with Crippen molar-refractivity contribution in [3.63, 3.8) is 0 Å². The molecule has 4 rings (SSSR count). The van der Waals surface area contributed by atoms with Crippen LogP contribution in [0.2, 0.25) is 0 Å². The van der Waals surface area contributed by atoms with Gasteiger partial charge in [0, 0.05) is 36.7 Å². The first-order valence-electron chi connectivity index (χ1n) is 8.53. The number of hydrogen-bond donors (Lipinski definition) is 2. The van der Waals surface area contributed by atoms with E-state index in [4.69, 9.17) is 0 Å². The van der Waals surface area contributed by atoms with Crippen LogP contribution in [0.25, 0.3) is 0 Å². The van der Waals surface area contributed by atoms with Crippen molar-refractivity contribution >= 4 is 29.1 Å². The van der Waals surface area contributed by atoms with Crippen molar-refractivity contribution in [2.24, 2.45) is 0 Å². The van der Waals surface area contributed by atoms with Crippen LogP contribution in [0.3, 0.4) is 0 Å². The number of nitrogens with zero attached hydrogens (tertiary/aromatic N) is 5. The Balaban J connectivity index is 1.67. The van der Waals surface area contributed by atoms with E-state index in [9.17, 15) is 20.0 Å². The van der Waals surface area contributed by atoms with Gasteiger partial charge >= 0.3 is 11.8 Å². The summed E-state index contributed by atoms with van der Waals surface area (Å²) in [4.78, 5) is 34.3. The highest BCUT2D eigenvalue weighted by Gasteiger charge is 2.46. The van der Waals surface area contributed by atoms with E-state index in [1.165, 1.54) is 4.90 Å². The summed E-state index contributed by atoms with van der Waals surface area (Å²) < 4.78 is 0. The first-order chi connectivity index (χ1) is 12.9. The standard InChI is InChI=1S/C17H18N6O4/c1-10-6-14(21-8-13-7-12(21)9-22(13)17(24)25)20-16(15(10)23(26)27)19-11-2-4-18-5-3-11/h2-6,12-13H,7-9H2,1H3,(H,24,25)(H,18,19,20)/t12-,13-/m1/s1. The van der Waals surface area contributed by atoms with E-state index in [0.29, 0.717) is 30.2 Å². The Morgan fingerprint density at radius 1 is 1.33 bits per heavy atom. The molecule has 2 aliphatic rings. The van der Waals surface area contributed by atoms with Gasteiger partial charge in [0.2, 0.25) is 5.82 Å². The molecule has 0 unspecified atom stereocenters. The minimum atomic E-state index is -0.907. The molecule has 2 atom stereocenters. The van der Waals surface area contributed by atoms with Gasteiger partial charge in [-0.15, -0.1) is 0 Å². The Kier molecular flexibility index (Phi) is 4.02. The average molecular weight is 370 g/mol. The SMILES string of the molecule is Cc1cc(N2C[C@H]3C[C@@H]2CN3C(=O)O)nc(Nc2ccncc2)c1[N+](=O)[O-]. The Hall–Kier alpha value is -3.43. The molecule has 2 N–H and O–H groups in total. The average Bonchev–Trinajstić information content (AvgIpc) is 3.22. The van der Waals surface area contributed by atoms with Crippen molar-refractivity contribution < 1.29 is 14.8 Å². The molecule has 0 radical (unpaired) electrons. The molecule has 27 heavy (non-hydrogen) atoms. The topological polar surface area (TPSA) is 125 Å². The maximum atomic E-state index is 11.5. The van der Waals surface area contributed by atoms with Gasteiger partial charge in [-0.3, -0.25) is 15.1 Å². The molecule has 2 aromatic rings. The molecular weight excluding hydrogens is 352 g/mol. The first-order valence-corrected chi connectivity index (χ1v) is 8.53. The van der Waals surface area contributed by atoms with Crippen LogP contribution in [0.5, 0.6) is 0 Å². The number of fused-ring (bicyclic) bond motifs is 2. The highest BCUT2D eigenvalue weighted by Crippen LogP contribution is 2.37. The minimum Gasteiger partial charge on any atom is -0.465 e. The normalized spacial score (nSPS) is 20.8. The van der Waals surface area contributed by atoms with Crippen molar-refractivity contribution in [1.82, 2.24) is 14.9 Å². The van der Waals surface area contributed by atoms with Crippen LogP contribution in [0.15, 0.2) is 30.6 Å². The molecule has 10 nitrogen and oxygen atoms in total. The molecule has 10 heteroatoms. The summed E-state index contributed by atoms with van der Waals surface area (Å²) in [7, 11) is 0. The second kappa shape index (κ2) is 6.38. The number of likely N-dealkylation sites (tertiary alicyclic amines) is 1. The minimum absolute atomic E-state index is 0.0354. The third-order valence-corrected chi connectivity index (χ3v) is 5.08. The van der Waals surface area contributed by atoms with Crippen LogP contribution in [0, 0.1) is 17.0 Å². The second-order valence-corrected chi connectivity index (χ2v) is 6.74. The molecule has 2 fully saturated rings. The van der Waals surface area contributed by atoms with Gasteiger partial charge < -0.3 is 20.2 Å². The molecule has 0 aromatic carbocycles. The molecule has 4 heterocycles. The third-order valence-electron chi connectivity index (χ3n) is 5.08. The number of hydrogen-bond acceptors (Lipinski definition) is 7. The van der Waals surface area contributed by atoms with Crippen molar-refractivity contribution in [2.75, 3.05) is 23.3 Å². The number of nitrogens with one attached hydrogen (secondary N) is 1. The number of anilines is 3. The van der Waals surface area contributed by atoms with Gasteiger partial charge in [-0.1, -0.05) is 0 Å². The number of aryl methyl sites for hydroxylation is 1. The summed E-state index contributed by atoms with van der Waals surface area (Å²) in [6.45, 7) is 2.64. The highest BCUT2D eigenvalue weighted by molar-refractivity contribution is 5.72. The van der Waals surface area contributed by atoms with Crippen molar-refractivity contribution in [1.29, 1.82) is 0 Å². The maximum absolute atomic E-state index is 11.5. The van der Waals surface area contributed by atoms with Gasteiger partial charge in [-0.05, 0) is 31.5 Å². The molecule has 2 aromatic heterocycles. The molecule has 0 spiro atoms. The monoisotopic (exact) mass is 370 g/mol. The quantitative estimate of drug-likeness (QED) is 0.621. The fourth-order valence-corrected chi connectivity index (χ4v) is 3.87. The Bertz CT molecular complexity index is 906. The van der Waals surface area contributed by atoms with E-state index >= 15 is 0 Å². The number of rotatable bonds is 4. The highest BCUT2D eigenvalue weighted by atomic mass is 16.6. The van der Waals surface area contributed by atoms with E-state index in [2.05, 4.69) is 15.3 Å². The van der Waals surface area contributed by atoms with Gasteiger partial charge in [0.25, 0.3) is 0 Å². The fraction of sp³-hybridized carbons (Fsp3) is 0.353. The van der Waals surface area contributed by atoms with Gasteiger partial charge in [-0.2, -0.15) is 0 Å². The molecule has 1 amide bonds. The zero-order valence-electron chi connectivity index (χ0n) is 14.6. The van der Waals surface area contributed by atoms with Crippen LogP contribution in [0.1, 0.15) is 12.0 Å². The number of piperazine rings is 1. The van der Waals surface area contributed by atoms with Gasteiger partial charge in [0.05, 0.1) is 17.0 Å². The lowest BCUT2D eigenvalue weighted by Gasteiger charge is -2.33. The van der Waals surface area contributed by atoms with Crippen LogP contribution in [-0.4, -0.2) is 56.2 Å². The Morgan fingerprint density at radius 2 is 2.07 bits per heavy atom. The van der Waals surface area contributed by atoms with Crippen molar-refractivity contribution in [3.8, 4) is 0 Å². The van der Waals surface area contributed by atoms with Crippen LogP contribution in [-0.2, 0) is 0 Å². The predicted molar refractivity (Wildman–Crippen MR) is 97.4 cm³/mol.